The van der Waals surface area contributed by atoms with Crippen LogP contribution in [0.2, 0.25) is 0 Å². The average Bonchev–Trinajstić information content (AvgIpc) is 3.17. The number of nitro benzene ring substituents is 1. The molecule has 11 nitrogen and oxygen atoms in total. The highest BCUT2D eigenvalue weighted by molar-refractivity contribution is 5.70. The number of amides is 1. The maximum atomic E-state index is 12.3. The van der Waals surface area contributed by atoms with E-state index in [9.17, 15) is 14.9 Å². The van der Waals surface area contributed by atoms with Gasteiger partial charge in [0.05, 0.1) is 31.3 Å². The predicted molar refractivity (Wildman–Crippen MR) is 116 cm³/mol. The molecule has 0 saturated carbocycles. The Labute approximate surface area is 190 Å². The number of hydrogen-bond acceptors (Lipinski definition) is 9. The fourth-order valence-corrected chi connectivity index (χ4v) is 3.51. The molecule has 0 aliphatic carbocycles. The topological polar surface area (TPSA) is 119 Å². The SMILES string of the molecule is COc1ccc(CN2CC(COc3ccc([N+](=O)[O-])c(C(OC)OC)c3)OC2=O)cc1OC. The summed E-state index contributed by atoms with van der Waals surface area (Å²) in [6.45, 7) is 0.739. The Hall–Kier alpha value is -3.57. The maximum Gasteiger partial charge on any atom is 0.410 e. The van der Waals surface area contributed by atoms with E-state index in [0.717, 1.165) is 5.56 Å². The smallest absolute Gasteiger partial charge is 0.410 e. The zero-order valence-electron chi connectivity index (χ0n) is 18.8. The highest BCUT2D eigenvalue weighted by atomic mass is 16.7. The maximum absolute atomic E-state index is 12.3. The lowest BCUT2D eigenvalue weighted by Gasteiger charge is -2.16. The van der Waals surface area contributed by atoms with Crippen LogP contribution in [0.1, 0.15) is 17.4 Å². The van der Waals surface area contributed by atoms with Gasteiger partial charge in [-0.05, 0) is 29.8 Å². The molecule has 0 bridgehead atoms. The average molecular weight is 462 g/mol. The van der Waals surface area contributed by atoms with E-state index >= 15 is 0 Å². The molecule has 11 heteroatoms. The first kappa shape index (κ1) is 24.1. The molecule has 1 saturated heterocycles. The molecule has 0 N–H and O–H groups in total. The summed E-state index contributed by atoms with van der Waals surface area (Å²) < 4.78 is 32.0. The predicted octanol–water partition coefficient (Wildman–Crippen LogP) is 3.30. The molecular formula is C22H26N2O9. The monoisotopic (exact) mass is 462 g/mol. The summed E-state index contributed by atoms with van der Waals surface area (Å²) in [7, 11) is 5.87. The lowest BCUT2D eigenvalue weighted by Crippen LogP contribution is -2.26. The lowest BCUT2D eigenvalue weighted by atomic mass is 10.1. The number of rotatable bonds is 11. The minimum absolute atomic E-state index is 0.0794. The van der Waals surface area contributed by atoms with E-state index in [1.807, 2.05) is 6.07 Å². The van der Waals surface area contributed by atoms with Gasteiger partial charge in [0.15, 0.2) is 23.9 Å². The Balaban J connectivity index is 1.63. The van der Waals surface area contributed by atoms with E-state index in [1.165, 1.54) is 32.4 Å². The Morgan fingerprint density at radius 1 is 1.09 bits per heavy atom. The van der Waals surface area contributed by atoms with Crippen LogP contribution in [0.3, 0.4) is 0 Å². The number of nitrogens with zero attached hydrogens (tertiary/aromatic N) is 2. The van der Waals surface area contributed by atoms with Crippen LogP contribution in [0, 0.1) is 10.1 Å². The Kier molecular flexibility index (Phi) is 7.91. The van der Waals surface area contributed by atoms with Crippen LogP contribution in [0.25, 0.3) is 0 Å². The van der Waals surface area contributed by atoms with Crippen LogP contribution in [0.15, 0.2) is 36.4 Å². The molecule has 1 amide bonds. The number of nitro groups is 1. The van der Waals surface area contributed by atoms with Crippen molar-refractivity contribution in [3.8, 4) is 17.2 Å². The van der Waals surface area contributed by atoms with E-state index in [2.05, 4.69) is 0 Å². The lowest BCUT2D eigenvalue weighted by molar-refractivity contribution is -0.387. The third-order valence-corrected chi connectivity index (χ3v) is 5.08. The van der Waals surface area contributed by atoms with Crippen molar-refractivity contribution >= 4 is 11.8 Å². The van der Waals surface area contributed by atoms with Gasteiger partial charge in [-0.2, -0.15) is 0 Å². The van der Waals surface area contributed by atoms with Gasteiger partial charge in [0.25, 0.3) is 5.69 Å². The van der Waals surface area contributed by atoms with Crippen molar-refractivity contribution in [2.45, 2.75) is 18.9 Å². The number of carbonyl (C=O) groups excluding carboxylic acids is 1. The Morgan fingerprint density at radius 3 is 2.45 bits per heavy atom. The van der Waals surface area contributed by atoms with Crippen molar-refractivity contribution in [2.24, 2.45) is 0 Å². The first-order valence-electron chi connectivity index (χ1n) is 10.0. The van der Waals surface area contributed by atoms with Gasteiger partial charge in [0, 0.05) is 26.8 Å². The van der Waals surface area contributed by atoms with Gasteiger partial charge < -0.3 is 33.3 Å². The number of carbonyl (C=O) groups is 1. The Bertz CT molecular complexity index is 994. The molecule has 1 atom stereocenters. The third-order valence-electron chi connectivity index (χ3n) is 5.08. The summed E-state index contributed by atoms with van der Waals surface area (Å²) in [4.78, 5) is 24.7. The minimum Gasteiger partial charge on any atom is -0.493 e. The summed E-state index contributed by atoms with van der Waals surface area (Å²) in [5, 5.41) is 11.3. The second-order valence-electron chi connectivity index (χ2n) is 7.17. The summed E-state index contributed by atoms with van der Waals surface area (Å²) in [5.74, 6) is 1.54. The molecule has 0 radical (unpaired) electrons. The van der Waals surface area contributed by atoms with Crippen LogP contribution in [-0.4, -0.2) is 63.6 Å². The van der Waals surface area contributed by atoms with Crippen molar-refractivity contribution < 1.29 is 38.1 Å². The van der Waals surface area contributed by atoms with E-state index < -0.39 is 23.4 Å². The fraction of sp³-hybridized carbons (Fsp3) is 0.409. The Morgan fingerprint density at radius 2 is 1.82 bits per heavy atom. The van der Waals surface area contributed by atoms with Gasteiger partial charge in [-0.1, -0.05) is 6.07 Å². The molecule has 178 valence electrons. The standard InChI is InChI=1S/C22H26N2O9/c1-28-19-8-5-14(9-20(19)29-2)11-23-12-16(33-22(23)25)13-32-15-6-7-18(24(26)27)17(10-15)21(30-3)31-4/h5-10,16,21H,11-13H2,1-4H3. The van der Waals surface area contributed by atoms with Crippen molar-refractivity contribution in [1.29, 1.82) is 0 Å². The first-order chi connectivity index (χ1) is 15.9. The van der Waals surface area contributed by atoms with Gasteiger partial charge in [-0.3, -0.25) is 10.1 Å². The van der Waals surface area contributed by atoms with Gasteiger partial charge in [0.2, 0.25) is 0 Å². The van der Waals surface area contributed by atoms with Crippen molar-refractivity contribution in [3.05, 3.63) is 57.6 Å². The molecule has 2 aromatic carbocycles. The zero-order valence-corrected chi connectivity index (χ0v) is 18.8. The van der Waals surface area contributed by atoms with E-state index in [4.69, 9.17) is 28.4 Å². The van der Waals surface area contributed by atoms with Crippen LogP contribution in [0.5, 0.6) is 17.2 Å². The van der Waals surface area contributed by atoms with E-state index in [-0.39, 0.29) is 17.9 Å². The summed E-state index contributed by atoms with van der Waals surface area (Å²) in [5.41, 5.74) is 0.932. The number of methoxy groups -OCH3 is 4. The number of cyclic esters (lactones) is 1. The van der Waals surface area contributed by atoms with Gasteiger partial charge >= 0.3 is 6.09 Å². The number of benzene rings is 2. The molecule has 33 heavy (non-hydrogen) atoms. The van der Waals surface area contributed by atoms with Crippen LogP contribution >= 0.6 is 0 Å². The van der Waals surface area contributed by atoms with Gasteiger partial charge in [0.1, 0.15) is 12.4 Å². The largest absolute Gasteiger partial charge is 0.493 e. The van der Waals surface area contributed by atoms with E-state index in [0.29, 0.717) is 30.3 Å². The minimum atomic E-state index is -0.921. The second kappa shape index (κ2) is 10.8. The van der Waals surface area contributed by atoms with Gasteiger partial charge in [-0.15, -0.1) is 0 Å². The summed E-state index contributed by atoms with van der Waals surface area (Å²) in [6.07, 6.45) is -1.88. The van der Waals surface area contributed by atoms with Gasteiger partial charge in [-0.25, -0.2) is 4.79 Å². The molecule has 1 fully saturated rings. The first-order valence-corrected chi connectivity index (χ1v) is 10.0. The van der Waals surface area contributed by atoms with Crippen molar-refractivity contribution in [2.75, 3.05) is 41.6 Å². The summed E-state index contributed by atoms with van der Waals surface area (Å²) in [6, 6.07) is 9.70. The number of ether oxygens (including phenoxy) is 6. The molecular weight excluding hydrogens is 436 g/mol. The van der Waals surface area contributed by atoms with Crippen LogP contribution < -0.4 is 14.2 Å². The zero-order chi connectivity index (χ0) is 24.0. The molecule has 1 heterocycles. The van der Waals surface area contributed by atoms with Crippen LogP contribution in [0.4, 0.5) is 10.5 Å². The number of hydrogen-bond donors (Lipinski definition) is 0. The molecule has 1 unspecified atom stereocenters. The quantitative estimate of drug-likeness (QED) is 0.281. The molecule has 0 aromatic heterocycles. The molecule has 1 aliphatic heterocycles. The second-order valence-corrected chi connectivity index (χ2v) is 7.17. The molecule has 0 spiro atoms. The summed E-state index contributed by atoms with van der Waals surface area (Å²) >= 11 is 0. The van der Waals surface area contributed by atoms with Crippen LogP contribution in [-0.2, 0) is 20.8 Å². The van der Waals surface area contributed by atoms with E-state index in [1.54, 1.807) is 31.3 Å². The van der Waals surface area contributed by atoms with Crippen molar-refractivity contribution in [1.82, 2.24) is 4.90 Å². The third kappa shape index (κ3) is 5.62. The fourth-order valence-electron chi connectivity index (χ4n) is 3.51. The normalized spacial score (nSPS) is 15.5. The molecule has 1 aliphatic rings. The molecule has 2 aromatic rings. The molecule has 3 rings (SSSR count). The highest BCUT2D eigenvalue weighted by Gasteiger charge is 2.32. The van der Waals surface area contributed by atoms with Crippen molar-refractivity contribution in [3.63, 3.8) is 0 Å². The highest BCUT2D eigenvalue weighted by Crippen LogP contribution is 2.32.